The summed E-state index contributed by atoms with van der Waals surface area (Å²) in [6.45, 7) is 4.07. The van der Waals surface area contributed by atoms with Gasteiger partial charge in [-0.05, 0) is 67.4 Å². The van der Waals surface area contributed by atoms with Gasteiger partial charge in [-0.3, -0.25) is 4.79 Å². The molecule has 1 aromatic heterocycles. The number of nitrogens with zero attached hydrogens (tertiary/aromatic N) is 2. The Kier molecular flexibility index (Phi) is 4.80. The van der Waals surface area contributed by atoms with E-state index in [2.05, 4.69) is 4.98 Å². The number of hydrogen-bond acceptors (Lipinski definition) is 3. The molecule has 0 amide bonds. The van der Waals surface area contributed by atoms with E-state index in [9.17, 15) is 22.4 Å². The van der Waals surface area contributed by atoms with Crippen molar-refractivity contribution in [1.82, 2.24) is 4.98 Å². The number of aromatic amines is 1. The number of anilines is 3. The summed E-state index contributed by atoms with van der Waals surface area (Å²) in [6, 6.07) is 11.0. The maximum Gasteiger partial charge on any atom is 0.416 e. The Morgan fingerprint density at radius 3 is 2.30 bits per heavy atom. The summed E-state index contributed by atoms with van der Waals surface area (Å²) in [7, 11) is 0. The third-order valence-corrected chi connectivity index (χ3v) is 5.25. The minimum Gasteiger partial charge on any atom is -0.348 e. The van der Waals surface area contributed by atoms with Crippen LogP contribution in [0, 0.1) is 19.7 Å². The number of nitrogens with one attached hydrogen (secondary N) is 1. The first kappa shape index (κ1) is 20.0. The second-order valence-corrected chi connectivity index (χ2v) is 7.37. The number of aryl methyl sites for hydroxylation is 2. The summed E-state index contributed by atoms with van der Waals surface area (Å²) in [5.41, 5.74) is 2.85. The number of benzene rings is 2. The van der Waals surface area contributed by atoms with E-state index < -0.39 is 11.7 Å². The van der Waals surface area contributed by atoms with Gasteiger partial charge in [0.2, 0.25) is 5.56 Å². The molecule has 0 aliphatic carbocycles. The third-order valence-electron chi connectivity index (χ3n) is 5.25. The second-order valence-electron chi connectivity index (χ2n) is 7.37. The Morgan fingerprint density at radius 1 is 0.933 bits per heavy atom. The van der Waals surface area contributed by atoms with Crippen LogP contribution in [0.5, 0.6) is 0 Å². The molecule has 0 fully saturated rings. The highest BCUT2D eigenvalue weighted by Gasteiger charge is 2.33. The van der Waals surface area contributed by atoms with Crippen LogP contribution in [0.3, 0.4) is 0 Å². The van der Waals surface area contributed by atoms with Crippen LogP contribution < -0.4 is 15.4 Å². The van der Waals surface area contributed by atoms with Crippen LogP contribution in [-0.4, -0.2) is 11.7 Å². The quantitative estimate of drug-likeness (QED) is 0.578. The van der Waals surface area contributed by atoms with Crippen molar-refractivity contribution in [3.8, 4) is 0 Å². The summed E-state index contributed by atoms with van der Waals surface area (Å²) in [5, 5.41) is 0. The van der Waals surface area contributed by atoms with E-state index in [4.69, 9.17) is 0 Å². The van der Waals surface area contributed by atoms with Crippen molar-refractivity contribution in [2.75, 3.05) is 16.5 Å². The molecule has 0 saturated carbocycles. The normalized spacial score (nSPS) is 14.1. The molecule has 0 atom stereocenters. The molecule has 1 aliphatic heterocycles. The molecule has 0 spiro atoms. The SMILES string of the molecule is Cc1cc(F)ccc1N1CN(c2ccc(=O)[nH]c2C)Cc2cc(C(F)(F)F)ccc21. The Bertz CT molecular complexity index is 1170. The molecule has 2 heterocycles. The molecular formula is C22H19F4N3O. The van der Waals surface area contributed by atoms with Crippen LogP contribution >= 0.6 is 0 Å². The van der Waals surface area contributed by atoms with Crippen molar-refractivity contribution < 1.29 is 17.6 Å². The lowest BCUT2D eigenvalue weighted by atomic mass is 10.0. The van der Waals surface area contributed by atoms with Gasteiger partial charge in [-0.2, -0.15) is 13.2 Å². The smallest absolute Gasteiger partial charge is 0.348 e. The fraction of sp³-hybridized carbons (Fsp3) is 0.227. The van der Waals surface area contributed by atoms with E-state index in [1.165, 1.54) is 24.3 Å². The van der Waals surface area contributed by atoms with E-state index in [0.29, 0.717) is 40.6 Å². The van der Waals surface area contributed by atoms with Gasteiger partial charge in [-0.1, -0.05) is 0 Å². The fourth-order valence-electron chi connectivity index (χ4n) is 3.86. The molecule has 4 rings (SSSR count). The topological polar surface area (TPSA) is 39.3 Å². The zero-order valence-electron chi connectivity index (χ0n) is 16.3. The molecule has 156 valence electrons. The van der Waals surface area contributed by atoms with Crippen molar-refractivity contribution in [3.63, 3.8) is 0 Å². The van der Waals surface area contributed by atoms with E-state index in [0.717, 1.165) is 12.1 Å². The molecule has 1 N–H and O–H groups in total. The summed E-state index contributed by atoms with van der Waals surface area (Å²) >= 11 is 0. The molecule has 0 saturated heterocycles. The van der Waals surface area contributed by atoms with Gasteiger partial charge in [0.15, 0.2) is 0 Å². The van der Waals surface area contributed by atoms with Gasteiger partial charge >= 0.3 is 6.18 Å². The first-order valence-corrected chi connectivity index (χ1v) is 9.32. The average molecular weight is 417 g/mol. The lowest BCUT2D eigenvalue weighted by Gasteiger charge is -2.41. The van der Waals surface area contributed by atoms with E-state index in [-0.39, 0.29) is 17.9 Å². The first-order chi connectivity index (χ1) is 14.1. The zero-order valence-corrected chi connectivity index (χ0v) is 16.3. The predicted octanol–water partition coefficient (Wildman–Crippen LogP) is 5.27. The second kappa shape index (κ2) is 7.19. The molecule has 4 nitrogen and oxygen atoms in total. The summed E-state index contributed by atoms with van der Waals surface area (Å²) in [4.78, 5) is 18.1. The molecule has 0 bridgehead atoms. The maximum absolute atomic E-state index is 13.6. The predicted molar refractivity (Wildman–Crippen MR) is 108 cm³/mol. The molecule has 1 aliphatic rings. The highest BCUT2D eigenvalue weighted by Crippen LogP contribution is 2.40. The standard InChI is InChI=1S/C22H19F4N3O/c1-13-9-17(23)4-6-18(13)29-12-28(19-7-8-21(30)27-14(19)2)11-15-10-16(22(24,25)26)3-5-20(15)29/h3-10H,11-12H2,1-2H3,(H,27,30). The molecule has 0 radical (unpaired) electrons. The van der Waals surface area contributed by atoms with Crippen LogP contribution in [0.25, 0.3) is 0 Å². The van der Waals surface area contributed by atoms with E-state index >= 15 is 0 Å². The molecule has 3 aromatic rings. The van der Waals surface area contributed by atoms with Gasteiger partial charge in [0.25, 0.3) is 0 Å². The number of fused-ring (bicyclic) bond motifs is 1. The maximum atomic E-state index is 13.6. The van der Waals surface area contributed by atoms with Crippen LogP contribution in [0.2, 0.25) is 0 Å². The Labute approximate surface area is 170 Å². The lowest BCUT2D eigenvalue weighted by molar-refractivity contribution is -0.137. The monoisotopic (exact) mass is 417 g/mol. The van der Waals surface area contributed by atoms with Gasteiger partial charge in [0.1, 0.15) is 5.82 Å². The first-order valence-electron chi connectivity index (χ1n) is 9.32. The van der Waals surface area contributed by atoms with Crippen molar-refractivity contribution in [2.45, 2.75) is 26.6 Å². The largest absolute Gasteiger partial charge is 0.416 e. The number of pyridine rings is 1. The van der Waals surface area contributed by atoms with Crippen molar-refractivity contribution in [3.05, 3.63) is 87.1 Å². The summed E-state index contributed by atoms with van der Waals surface area (Å²) < 4.78 is 53.6. The number of alkyl halides is 3. The summed E-state index contributed by atoms with van der Waals surface area (Å²) in [5.74, 6) is -0.380. The van der Waals surface area contributed by atoms with Crippen molar-refractivity contribution in [2.24, 2.45) is 0 Å². The minimum absolute atomic E-state index is 0.239. The van der Waals surface area contributed by atoms with Gasteiger partial charge in [-0.25, -0.2) is 4.39 Å². The fourth-order valence-corrected chi connectivity index (χ4v) is 3.86. The van der Waals surface area contributed by atoms with Crippen molar-refractivity contribution >= 4 is 17.1 Å². The van der Waals surface area contributed by atoms with Gasteiger partial charge in [0.05, 0.1) is 17.9 Å². The summed E-state index contributed by atoms with van der Waals surface area (Å²) in [6.07, 6.45) is -4.46. The van der Waals surface area contributed by atoms with Gasteiger partial charge in [0, 0.05) is 29.7 Å². The third kappa shape index (κ3) is 3.65. The van der Waals surface area contributed by atoms with Gasteiger partial charge < -0.3 is 14.8 Å². The van der Waals surface area contributed by atoms with Crippen LogP contribution in [-0.2, 0) is 12.7 Å². The van der Waals surface area contributed by atoms with E-state index in [1.54, 1.807) is 26.0 Å². The number of hydrogen-bond donors (Lipinski definition) is 1. The Hall–Kier alpha value is -3.29. The molecule has 2 aromatic carbocycles. The number of halogens is 4. The number of H-pyrrole nitrogens is 1. The number of rotatable bonds is 2. The van der Waals surface area contributed by atoms with E-state index in [1.807, 2.05) is 9.80 Å². The van der Waals surface area contributed by atoms with Gasteiger partial charge in [-0.15, -0.1) is 0 Å². The molecular weight excluding hydrogens is 398 g/mol. The highest BCUT2D eigenvalue weighted by molar-refractivity contribution is 5.73. The zero-order chi connectivity index (χ0) is 21.6. The number of aromatic nitrogens is 1. The van der Waals surface area contributed by atoms with Crippen molar-refractivity contribution in [1.29, 1.82) is 0 Å². The van der Waals surface area contributed by atoms with Crippen LogP contribution in [0.15, 0.2) is 53.3 Å². The Balaban J connectivity index is 1.86. The average Bonchev–Trinajstić information content (AvgIpc) is 2.66. The Morgan fingerprint density at radius 2 is 1.63 bits per heavy atom. The van der Waals surface area contributed by atoms with Crippen LogP contribution in [0.4, 0.5) is 34.6 Å². The molecule has 0 unspecified atom stereocenters. The van der Waals surface area contributed by atoms with Crippen LogP contribution in [0.1, 0.15) is 22.4 Å². The lowest BCUT2D eigenvalue weighted by Crippen LogP contribution is -2.41. The highest BCUT2D eigenvalue weighted by atomic mass is 19.4. The minimum atomic E-state index is -4.46. The molecule has 8 heteroatoms. The molecule has 30 heavy (non-hydrogen) atoms.